The molecule has 122 valence electrons. The van der Waals surface area contributed by atoms with Gasteiger partial charge in [0.2, 0.25) is 5.91 Å². The van der Waals surface area contributed by atoms with Crippen molar-refractivity contribution in [3.8, 4) is 0 Å². The molecule has 1 aliphatic rings. The number of rotatable bonds is 7. The van der Waals surface area contributed by atoms with Gasteiger partial charge in [0.25, 0.3) is 0 Å². The normalized spacial score (nSPS) is 15.4. The SMILES string of the molecule is CCc1ccc(CCC(=O)Nc2ccnn2C(C)C2CC2)cc1. The van der Waals surface area contributed by atoms with Crippen LogP contribution in [0.3, 0.4) is 0 Å². The van der Waals surface area contributed by atoms with Crippen molar-refractivity contribution in [3.05, 3.63) is 47.7 Å². The number of amides is 1. The van der Waals surface area contributed by atoms with Crippen molar-refractivity contribution >= 4 is 11.7 Å². The van der Waals surface area contributed by atoms with Gasteiger partial charge in [-0.1, -0.05) is 31.2 Å². The van der Waals surface area contributed by atoms with Gasteiger partial charge in [0, 0.05) is 12.5 Å². The molecular formula is C19H25N3O. The molecule has 1 heterocycles. The van der Waals surface area contributed by atoms with E-state index in [1.165, 1.54) is 24.0 Å². The van der Waals surface area contributed by atoms with Gasteiger partial charge in [0.05, 0.1) is 12.2 Å². The van der Waals surface area contributed by atoms with E-state index in [1.54, 1.807) is 6.20 Å². The third-order valence-corrected chi connectivity index (χ3v) is 4.70. The summed E-state index contributed by atoms with van der Waals surface area (Å²) < 4.78 is 1.95. The zero-order valence-electron chi connectivity index (χ0n) is 14.0. The second-order valence-corrected chi connectivity index (χ2v) is 6.46. The Balaban J connectivity index is 1.54. The number of carbonyl (C=O) groups is 1. The van der Waals surface area contributed by atoms with Gasteiger partial charge < -0.3 is 5.32 Å². The lowest BCUT2D eigenvalue weighted by molar-refractivity contribution is -0.116. The van der Waals surface area contributed by atoms with Crippen LogP contribution in [0.4, 0.5) is 5.82 Å². The maximum absolute atomic E-state index is 12.2. The van der Waals surface area contributed by atoms with Crippen LogP contribution in [0.2, 0.25) is 0 Å². The van der Waals surface area contributed by atoms with E-state index >= 15 is 0 Å². The number of aromatic nitrogens is 2. The van der Waals surface area contributed by atoms with Crippen molar-refractivity contribution in [1.82, 2.24) is 9.78 Å². The molecule has 0 spiro atoms. The Labute approximate surface area is 137 Å². The van der Waals surface area contributed by atoms with Crippen LogP contribution >= 0.6 is 0 Å². The molecule has 1 saturated carbocycles. The molecule has 3 rings (SSSR count). The quantitative estimate of drug-likeness (QED) is 0.840. The molecule has 0 radical (unpaired) electrons. The lowest BCUT2D eigenvalue weighted by Crippen LogP contribution is -2.18. The van der Waals surface area contributed by atoms with E-state index in [4.69, 9.17) is 0 Å². The number of carbonyl (C=O) groups excluding carboxylic acids is 1. The van der Waals surface area contributed by atoms with Crippen LogP contribution in [-0.4, -0.2) is 15.7 Å². The Bertz CT molecular complexity index is 656. The first-order chi connectivity index (χ1) is 11.2. The van der Waals surface area contributed by atoms with Gasteiger partial charge in [-0.15, -0.1) is 0 Å². The molecule has 4 heteroatoms. The Morgan fingerprint density at radius 1 is 1.26 bits per heavy atom. The first-order valence-corrected chi connectivity index (χ1v) is 8.58. The van der Waals surface area contributed by atoms with Crippen LogP contribution in [0, 0.1) is 5.92 Å². The zero-order chi connectivity index (χ0) is 16.2. The summed E-state index contributed by atoms with van der Waals surface area (Å²) in [5.74, 6) is 1.58. The van der Waals surface area contributed by atoms with Crippen LogP contribution < -0.4 is 5.32 Å². The second kappa shape index (κ2) is 6.99. The third-order valence-electron chi connectivity index (χ3n) is 4.70. The molecule has 1 aromatic heterocycles. The number of hydrogen-bond donors (Lipinski definition) is 1. The predicted molar refractivity (Wildman–Crippen MR) is 92.4 cm³/mol. The number of anilines is 1. The van der Waals surface area contributed by atoms with E-state index in [9.17, 15) is 4.79 Å². The molecule has 1 N–H and O–H groups in total. The fourth-order valence-corrected chi connectivity index (χ4v) is 2.92. The van der Waals surface area contributed by atoms with Gasteiger partial charge in [-0.05, 0) is 49.7 Å². The van der Waals surface area contributed by atoms with Crippen molar-refractivity contribution in [2.75, 3.05) is 5.32 Å². The lowest BCUT2D eigenvalue weighted by Gasteiger charge is -2.15. The topological polar surface area (TPSA) is 46.9 Å². The summed E-state index contributed by atoms with van der Waals surface area (Å²) in [6.07, 6.45) is 6.60. The average Bonchev–Trinajstić information content (AvgIpc) is 3.33. The minimum atomic E-state index is 0.0503. The van der Waals surface area contributed by atoms with E-state index in [0.29, 0.717) is 18.4 Å². The van der Waals surface area contributed by atoms with Crippen LogP contribution in [0.15, 0.2) is 36.5 Å². The van der Waals surface area contributed by atoms with Gasteiger partial charge in [-0.25, -0.2) is 4.68 Å². The molecule has 0 bridgehead atoms. The molecular weight excluding hydrogens is 286 g/mol. The number of benzene rings is 1. The van der Waals surface area contributed by atoms with Crippen molar-refractivity contribution in [1.29, 1.82) is 0 Å². The van der Waals surface area contributed by atoms with E-state index in [2.05, 4.69) is 48.5 Å². The maximum atomic E-state index is 12.2. The fraction of sp³-hybridized carbons (Fsp3) is 0.474. The Morgan fingerprint density at radius 3 is 2.61 bits per heavy atom. The molecule has 2 aromatic rings. The molecule has 0 aliphatic heterocycles. The van der Waals surface area contributed by atoms with Gasteiger partial charge in [-0.2, -0.15) is 5.10 Å². The summed E-state index contributed by atoms with van der Waals surface area (Å²) in [4.78, 5) is 12.2. The summed E-state index contributed by atoms with van der Waals surface area (Å²) in [6, 6.07) is 10.8. The first kappa shape index (κ1) is 15.8. The monoisotopic (exact) mass is 311 g/mol. The standard InChI is InChI=1S/C19H25N3O/c1-3-15-4-6-16(7-5-15)8-11-19(23)21-18-12-13-20-22(18)14(2)17-9-10-17/h4-7,12-14,17H,3,8-11H2,1-2H3,(H,21,23). The Morgan fingerprint density at radius 2 is 1.96 bits per heavy atom. The second-order valence-electron chi connectivity index (χ2n) is 6.46. The van der Waals surface area contributed by atoms with Crippen molar-refractivity contribution in [2.24, 2.45) is 5.92 Å². The van der Waals surface area contributed by atoms with Crippen LogP contribution in [0.1, 0.15) is 50.3 Å². The van der Waals surface area contributed by atoms with E-state index in [-0.39, 0.29) is 5.91 Å². The predicted octanol–water partition coefficient (Wildman–Crippen LogP) is 3.99. The van der Waals surface area contributed by atoms with Crippen molar-refractivity contribution in [3.63, 3.8) is 0 Å². The Kier molecular flexibility index (Phi) is 4.79. The highest BCUT2D eigenvalue weighted by molar-refractivity contribution is 5.89. The van der Waals surface area contributed by atoms with Crippen LogP contribution in [0.5, 0.6) is 0 Å². The fourth-order valence-electron chi connectivity index (χ4n) is 2.92. The Hall–Kier alpha value is -2.10. The van der Waals surface area contributed by atoms with Crippen LogP contribution in [0.25, 0.3) is 0 Å². The molecule has 1 aliphatic carbocycles. The molecule has 1 atom stereocenters. The van der Waals surface area contributed by atoms with Crippen LogP contribution in [-0.2, 0) is 17.6 Å². The summed E-state index contributed by atoms with van der Waals surface area (Å²) in [7, 11) is 0. The van der Waals surface area contributed by atoms with Crippen molar-refractivity contribution < 1.29 is 4.79 Å². The molecule has 1 unspecified atom stereocenters. The lowest BCUT2D eigenvalue weighted by atomic mass is 10.1. The summed E-state index contributed by atoms with van der Waals surface area (Å²) in [5.41, 5.74) is 2.54. The zero-order valence-corrected chi connectivity index (χ0v) is 14.0. The van der Waals surface area contributed by atoms with E-state index in [0.717, 1.165) is 18.7 Å². The molecule has 1 fully saturated rings. The van der Waals surface area contributed by atoms with E-state index < -0.39 is 0 Å². The van der Waals surface area contributed by atoms with Gasteiger partial charge in [0.15, 0.2) is 0 Å². The first-order valence-electron chi connectivity index (χ1n) is 8.58. The number of hydrogen-bond acceptors (Lipinski definition) is 2. The highest BCUT2D eigenvalue weighted by Crippen LogP contribution is 2.40. The number of nitrogens with zero attached hydrogens (tertiary/aromatic N) is 2. The molecule has 23 heavy (non-hydrogen) atoms. The molecule has 4 nitrogen and oxygen atoms in total. The van der Waals surface area contributed by atoms with Gasteiger partial charge in [0.1, 0.15) is 5.82 Å². The minimum absolute atomic E-state index is 0.0503. The molecule has 0 saturated heterocycles. The third kappa shape index (κ3) is 4.01. The van der Waals surface area contributed by atoms with Gasteiger partial charge >= 0.3 is 0 Å². The summed E-state index contributed by atoms with van der Waals surface area (Å²) >= 11 is 0. The average molecular weight is 311 g/mol. The van der Waals surface area contributed by atoms with Crippen molar-refractivity contribution in [2.45, 2.75) is 52.0 Å². The number of aryl methyl sites for hydroxylation is 2. The minimum Gasteiger partial charge on any atom is -0.311 e. The largest absolute Gasteiger partial charge is 0.311 e. The maximum Gasteiger partial charge on any atom is 0.225 e. The molecule has 1 aromatic carbocycles. The summed E-state index contributed by atoms with van der Waals surface area (Å²) in [5, 5.41) is 7.38. The molecule has 1 amide bonds. The van der Waals surface area contributed by atoms with E-state index in [1.807, 2.05) is 10.7 Å². The number of nitrogens with one attached hydrogen (secondary N) is 1. The highest BCUT2D eigenvalue weighted by Gasteiger charge is 2.30. The summed E-state index contributed by atoms with van der Waals surface area (Å²) in [6.45, 7) is 4.32. The smallest absolute Gasteiger partial charge is 0.225 e. The van der Waals surface area contributed by atoms with Gasteiger partial charge in [-0.3, -0.25) is 4.79 Å². The highest BCUT2D eigenvalue weighted by atomic mass is 16.1.